The first-order valence-corrected chi connectivity index (χ1v) is 10.9. The van der Waals surface area contributed by atoms with Crippen LogP contribution in [-0.2, 0) is 9.59 Å². The van der Waals surface area contributed by atoms with Crippen molar-refractivity contribution >= 4 is 11.8 Å². The first-order valence-electron chi connectivity index (χ1n) is 10.9. The second-order valence-electron chi connectivity index (χ2n) is 8.19. The van der Waals surface area contributed by atoms with Gasteiger partial charge in [0.05, 0.1) is 20.1 Å². The fraction of sp³-hybridized carbons (Fsp3) is 0.652. The number of nitrogens with one attached hydrogen (secondary N) is 1. The van der Waals surface area contributed by atoms with E-state index in [-0.39, 0.29) is 29.6 Å². The molecule has 0 spiro atoms. The standard InChI is InChI=1S/C23H34N2O4/c1-4-5-12-24-22(26)20-15-25(23(27)16-8-6-7-9-16)14-19(20)18-11-10-17(28-2)13-21(18)29-3/h10-11,13,16,19-20H,4-9,12,14-15H2,1-3H3,(H,24,26)/t19-,20-/m0/s1. The number of benzene rings is 1. The van der Waals surface area contributed by atoms with Gasteiger partial charge in [-0.25, -0.2) is 0 Å². The molecule has 160 valence electrons. The van der Waals surface area contributed by atoms with Crippen LogP contribution in [-0.4, -0.2) is 50.6 Å². The molecule has 1 aliphatic heterocycles. The molecule has 2 fully saturated rings. The van der Waals surface area contributed by atoms with Crippen molar-refractivity contribution in [1.29, 1.82) is 0 Å². The van der Waals surface area contributed by atoms with Crippen molar-refractivity contribution in [2.45, 2.75) is 51.4 Å². The van der Waals surface area contributed by atoms with E-state index >= 15 is 0 Å². The monoisotopic (exact) mass is 402 g/mol. The van der Waals surface area contributed by atoms with Crippen molar-refractivity contribution in [1.82, 2.24) is 10.2 Å². The highest BCUT2D eigenvalue weighted by Crippen LogP contribution is 2.40. The fourth-order valence-corrected chi connectivity index (χ4v) is 4.64. The Labute approximate surface area is 173 Å². The van der Waals surface area contributed by atoms with Crippen LogP contribution in [0.3, 0.4) is 0 Å². The Bertz CT molecular complexity index is 715. The Morgan fingerprint density at radius 3 is 2.55 bits per heavy atom. The molecule has 0 radical (unpaired) electrons. The molecule has 2 amide bonds. The molecule has 29 heavy (non-hydrogen) atoms. The Morgan fingerprint density at radius 2 is 1.90 bits per heavy atom. The Balaban J connectivity index is 1.84. The lowest BCUT2D eigenvalue weighted by atomic mass is 9.87. The lowest BCUT2D eigenvalue weighted by molar-refractivity contribution is -0.134. The topological polar surface area (TPSA) is 67.9 Å². The molecule has 1 aromatic rings. The van der Waals surface area contributed by atoms with Gasteiger partial charge in [-0.15, -0.1) is 0 Å². The van der Waals surface area contributed by atoms with Crippen LogP contribution in [0.25, 0.3) is 0 Å². The third kappa shape index (κ3) is 4.85. The summed E-state index contributed by atoms with van der Waals surface area (Å²) in [4.78, 5) is 28.0. The quantitative estimate of drug-likeness (QED) is 0.677. The Kier molecular flexibility index (Phi) is 7.40. The molecule has 6 nitrogen and oxygen atoms in total. The number of hydrogen-bond donors (Lipinski definition) is 1. The van der Waals surface area contributed by atoms with Gasteiger partial charge in [0.15, 0.2) is 0 Å². The number of rotatable bonds is 8. The van der Waals surface area contributed by atoms with Crippen LogP contribution in [0.4, 0.5) is 0 Å². The van der Waals surface area contributed by atoms with E-state index < -0.39 is 0 Å². The smallest absolute Gasteiger partial charge is 0.225 e. The highest BCUT2D eigenvalue weighted by molar-refractivity contribution is 5.84. The summed E-state index contributed by atoms with van der Waals surface area (Å²) in [5, 5.41) is 3.07. The van der Waals surface area contributed by atoms with Gasteiger partial charge in [-0.3, -0.25) is 9.59 Å². The number of nitrogens with zero attached hydrogens (tertiary/aromatic N) is 1. The summed E-state index contributed by atoms with van der Waals surface area (Å²) in [7, 11) is 3.25. The summed E-state index contributed by atoms with van der Waals surface area (Å²) < 4.78 is 10.9. The summed E-state index contributed by atoms with van der Waals surface area (Å²) >= 11 is 0. The maximum Gasteiger partial charge on any atom is 0.225 e. The molecular formula is C23H34N2O4. The van der Waals surface area contributed by atoms with Crippen LogP contribution in [0.2, 0.25) is 0 Å². The van der Waals surface area contributed by atoms with Gasteiger partial charge < -0.3 is 19.7 Å². The minimum Gasteiger partial charge on any atom is -0.497 e. The van der Waals surface area contributed by atoms with Gasteiger partial charge in [-0.2, -0.15) is 0 Å². The van der Waals surface area contributed by atoms with Gasteiger partial charge in [0.1, 0.15) is 11.5 Å². The van der Waals surface area contributed by atoms with E-state index in [2.05, 4.69) is 12.2 Å². The molecular weight excluding hydrogens is 368 g/mol. The maximum atomic E-state index is 13.1. The maximum absolute atomic E-state index is 13.1. The molecule has 3 rings (SSSR count). The van der Waals surface area contributed by atoms with E-state index in [1.54, 1.807) is 14.2 Å². The highest BCUT2D eigenvalue weighted by atomic mass is 16.5. The minimum atomic E-state index is -0.264. The van der Waals surface area contributed by atoms with Gasteiger partial charge in [0, 0.05) is 43.1 Å². The summed E-state index contributed by atoms with van der Waals surface area (Å²) in [6.07, 6.45) is 6.19. The second-order valence-corrected chi connectivity index (χ2v) is 8.19. The zero-order valence-corrected chi connectivity index (χ0v) is 17.9. The number of unbranched alkanes of at least 4 members (excludes halogenated alkanes) is 1. The molecule has 1 aromatic carbocycles. The number of carbonyl (C=O) groups is 2. The Morgan fingerprint density at radius 1 is 1.14 bits per heavy atom. The zero-order valence-electron chi connectivity index (χ0n) is 17.9. The van der Waals surface area contributed by atoms with E-state index in [9.17, 15) is 9.59 Å². The molecule has 1 heterocycles. The van der Waals surface area contributed by atoms with Gasteiger partial charge in [-0.1, -0.05) is 32.3 Å². The van der Waals surface area contributed by atoms with Crippen LogP contribution in [0.1, 0.15) is 56.9 Å². The number of methoxy groups -OCH3 is 2. The van der Waals surface area contributed by atoms with Crippen molar-refractivity contribution < 1.29 is 19.1 Å². The van der Waals surface area contributed by atoms with Gasteiger partial charge in [-0.05, 0) is 25.3 Å². The molecule has 2 aliphatic rings. The van der Waals surface area contributed by atoms with Crippen molar-refractivity contribution in [3.8, 4) is 11.5 Å². The summed E-state index contributed by atoms with van der Waals surface area (Å²) in [5.41, 5.74) is 0.964. The molecule has 0 aromatic heterocycles. The van der Waals surface area contributed by atoms with E-state index in [0.717, 1.165) is 44.1 Å². The molecule has 1 aliphatic carbocycles. The fourth-order valence-electron chi connectivity index (χ4n) is 4.64. The van der Waals surface area contributed by atoms with Crippen LogP contribution in [0, 0.1) is 11.8 Å². The van der Waals surface area contributed by atoms with Gasteiger partial charge >= 0.3 is 0 Å². The third-order valence-electron chi connectivity index (χ3n) is 6.34. The van der Waals surface area contributed by atoms with Crippen molar-refractivity contribution in [3.63, 3.8) is 0 Å². The number of amides is 2. The molecule has 0 bridgehead atoms. The minimum absolute atomic E-state index is 0.0306. The molecule has 6 heteroatoms. The van der Waals surface area contributed by atoms with Gasteiger partial charge in [0.2, 0.25) is 11.8 Å². The Hall–Kier alpha value is -2.24. The molecule has 1 N–H and O–H groups in total. The first-order chi connectivity index (χ1) is 14.1. The average molecular weight is 403 g/mol. The predicted molar refractivity (Wildman–Crippen MR) is 112 cm³/mol. The first kappa shape index (κ1) is 21.5. The van der Waals surface area contributed by atoms with Crippen LogP contribution in [0.5, 0.6) is 11.5 Å². The van der Waals surface area contributed by atoms with E-state index in [1.807, 2.05) is 23.1 Å². The van der Waals surface area contributed by atoms with E-state index in [0.29, 0.717) is 31.1 Å². The van der Waals surface area contributed by atoms with Gasteiger partial charge in [0.25, 0.3) is 0 Å². The average Bonchev–Trinajstić information content (AvgIpc) is 3.43. The van der Waals surface area contributed by atoms with E-state index in [1.165, 1.54) is 0 Å². The highest BCUT2D eigenvalue weighted by Gasteiger charge is 2.43. The van der Waals surface area contributed by atoms with Crippen molar-refractivity contribution in [2.24, 2.45) is 11.8 Å². The lowest BCUT2D eigenvalue weighted by Gasteiger charge is -2.21. The van der Waals surface area contributed by atoms with Crippen molar-refractivity contribution in [2.75, 3.05) is 33.9 Å². The summed E-state index contributed by atoms with van der Waals surface area (Å²) in [5.74, 6) is 1.44. The number of hydrogen-bond acceptors (Lipinski definition) is 4. The number of ether oxygens (including phenoxy) is 2. The predicted octanol–water partition coefficient (Wildman–Crippen LogP) is 3.35. The summed E-state index contributed by atoms with van der Waals surface area (Å²) in [6.45, 7) is 3.82. The van der Waals surface area contributed by atoms with Crippen molar-refractivity contribution in [3.05, 3.63) is 23.8 Å². The second kappa shape index (κ2) is 9.99. The molecule has 0 unspecified atom stereocenters. The largest absolute Gasteiger partial charge is 0.497 e. The lowest BCUT2D eigenvalue weighted by Crippen LogP contribution is -2.37. The van der Waals surface area contributed by atoms with Crippen LogP contribution in [0.15, 0.2) is 18.2 Å². The van der Waals surface area contributed by atoms with E-state index in [4.69, 9.17) is 9.47 Å². The van der Waals surface area contributed by atoms with Crippen LogP contribution >= 0.6 is 0 Å². The SMILES string of the molecule is CCCCNC(=O)[C@H]1CN(C(=O)C2CCCC2)C[C@H]1c1ccc(OC)cc1OC. The molecule has 2 atom stereocenters. The summed E-state index contributed by atoms with van der Waals surface area (Å²) in [6, 6.07) is 5.71. The number of carbonyl (C=O) groups excluding carboxylic acids is 2. The van der Waals surface area contributed by atoms with Crippen LogP contribution < -0.4 is 14.8 Å². The molecule has 1 saturated carbocycles. The number of likely N-dealkylation sites (tertiary alicyclic amines) is 1. The zero-order chi connectivity index (χ0) is 20.8. The third-order valence-corrected chi connectivity index (χ3v) is 6.34. The molecule has 1 saturated heterocycles. The normalized spacial score (nSPS) is 22.0.